The Hall–Kier alpha value is -2.28. The molecule has 0 spiro atoms. The van der Waals surface area contributed by atoms with E-state index in [4.69, 9.17) is 0 Å². The summed E-state index contributed by atoms with van der Waals surface area (Å²) in [5.74, 6) is 2.62. The topological polar surface area (TPSA) is 75.9 Å². The number of fused-ring (bicyclic) bond motifs is 1. The summed E-state index contributed by atoms with van der Waals surface area (Å²) in [6.45, 7) is 4.25. The average Bonchev–Trinajstić information content (AvgIpc) is 3.06. The van der Waals surface area contributed by atoms with E-state index in [0.717, 1.165) is 57.2 Å². The van der Waals surface area contributed by atoms with E-state index in [1.54, 1.807) is 24.5 Å². The van der Waals surface area contributed by atoms with Crippen molar-refractivity contribution in [1.82, 2.24) is 30.0 Å². The van der Waals surface area contributed by atoms with Gasteiger partial charge in [-0.05, 0) is 25.0 Å². The van der Waals surface area contributed by atoms with Crippen LogP contribution < -0.4 is 5.32 Å². The largest absolute Gasteiger partial charge is 0.339 e. The fraction of sp³-hybridized carbons (Fsp3) is 0.500. The highest BCUT2D eigenvalue weighted by Crippen LogP contribution is 2.28. The number of hydrogen-bond acceptors (Lipinski definition) is 5. The van der Waals surface area contributed by atoms with Gasteiger partial charge in [0.1, 0.15) is 11.6 Å². The van der Waals surface area contributed by atoms with Crippen LogP contribution in [0.15, 0.2) is 24.5 Å². The number of nitrogens with one attached hydrogen (secondary N) is 1. The molecule has 23 heavy (non-hydrogen) atoms. The molecule has 1 N–H and O–H groups in total. The maximum Gasteiger partial charge on any atom is 0.253 e. The molecule has 2 aliphatic heterocycles. The van der Waals surface area contributed by atoms with Crippen LogP contribution in [0, 0.1) is 0 Å². The smallest absolute Gasteiger partial charge is 0.253 e. The zero-order chi connectivity index (χ0) is 15.6. The minimum Gasteiger partial charge on any atom is -0.339 e. The highest BCUT2D eigenvalue weighted by Gasteiger charge is 2.29. The van der Waals surface area contributed by atoms with Gasteiger partial charge in [-0.3, -0.25) is 9.78 Å². The van der Waals surface area contributed by atoms with Gasteiger partial charge < -0.3 is 14.8 Å². The van der Waals surface area contributed by atoms with Crippen molar-refractivity contribution >= 4 is 5.91 Å². The Morgan fingerprint density at radius 3 is 2.70 bits per heavy atom. The number of rotatable bonds is 2. The molecule has 7 nitrogen and oxygen atoms in total. The van der Waals surface area contributed by atoms with Crippen LogP contribution in [-0.2, 0) is 13.1 Å². The highest BCUT2D eigenvalue weighted by molar-refractivity contribution is 5.94. The van der Waals surface area contributed by atoms with Crippen LogP contribution in [0.25, 0.3) is 0 Å². The van der Waals surface area contributed by atoms with Crippen LogP contribution >= 0.6 is 0 Å². The highest BCUT2D eigenvalue weighted by atomic mass is 16.2. The Morgan fingerprint density at radius 2 is 1.91 bits per heavy atom. The number of aromatic nitrogens is 4. The second-order valence-electron chi connectivity index (χ2n) is 6.11. The molecule has 2 aromatic heterocycles. The average molecular weight is 312 g/mol. The van der Waals surface area contributed by atoms with Gasteiger partial charge >= 0.3 is 0 Å². The van der Waals surface area contributed by atoms with Crippen LogP contribution in [-0.4, -0.2) is 50.2 Å². The lowest BCUT2D eigenvalue weighted by Crippen LogP contribution is -2.38. The van der Waals surface area contributed by atoms with Crippen molar-refractivity contribution in [3.8, 4) is 0 Å². The number of likely N-dealkylation sites (tertiary alicyclic amines) is 1. The predicted molar refractivity (Wildman–Crippen MR) is 83.8 cm³/mol. The van der Waals surface area contributed by atoms with Gasteiger partial charge in [-0.15, -0.1) is 10.2 Å². The van der Waals surface area contributed by atoms with Gasteiger partial charge in [0, 0.05) is 50.1 Å². The molecule has 0 atom stereocenters. The van der Waals surface area contributed by atoms with Crippen LogP contribution in [0.1, 0.15) is 40.8 Å². The number of piperidine rings is 1. The number of carbonyl (C=O) groups is 1. The molecule has 0 bridgehead atoms. The normalized spacial score (nSPS) is 18.7. The van der Waals surface area contributed by atoms with Crippen molar-refractivity contribution in [1.29, 1.82) is 0 Å². The van der Waals surface area contributed by atoms with Gasteiger partial charge in [-0.1, -0.05) is 0 Å². The lowest BCUT2D eigenvalue weighted by atomic mass is 9.95. The monoisotopic (exact) mass is 312 g/mol. The van der Waals surface area contributed by atoms with E-state index in [2.05, 4.69) is 25.1 Å². The van der Waals surface area contributed by atoms with Gasteiger partial charge in [-0.2, -0.15) is 0 Å². The van der Waals surface area contributed by atoms with Gasteiger partial charge in [0.25, 0.3) is 5.91 Å². The van der Waals surface area contributed by atoms with Gasteiger partial charge in [0.2, 0.25) is 0 Å². The molecule has 0 unspecified atom stereocenters. The summed E-state index contributed by atoms with van der Waals surface area (Å²) in [6.07, 6.45) is 5.22. The first-order chi connectivity index (χ1) is 11.3. The molecule has 0 aromatic carbocycles. The summed E-state index contributed by atoms with van der Waals surface area (Å²) < 4.78 is 2.25. The predicted octanol–water partition coefficient (Wildman–Crippen LogP) is 0.796. The zero-order valence-corrected chi connectivity index (χ0v) is 13.0. The van der Waals surface area contributed by atoms with E-state index in [1.165, 1.54) is 0 Å². The van der Waals surface area contributed by atoms with Crippen LogP contribution in [0.2, 0.25) is 0 Å². The third kappa shape index (κ3) is 2.72. The van der Waals surface area contributed by atoms with E-state index in [-0.39, 0.29) is 5.91 Å². The molecule has 0 radical (unpaired) electrons. The first-order valence-corrected chi connectivity index (χ1v) is 8.15. The number of amides is 1. The molecule has 7 heteroatoms. The molecule has 1 amide bonds. The van der Waals surface area contributed by atoms with Crippen molar-refractivity contribution in [3.05, 3.63) is 41.7 Å². The maximum atomic E-state index is 12.5. The van der Waals surface area contributed by atoms with E-state index < -0.39 is 0 Å². The molecular formula is C16H20N6O. The van der Waals surface area contributed by atoms with Crippen LogP contribution in [0.5, 0.6) is 0 Å². The second-order valence-corrected chi connectivity index (χ2v) is 6.11. The van der Waals surface area contributed by atoms with E-state index in [9.17, 15) is 4.79 Å². The first kappa shape index (κ1) is 14.3. The van der Waals surface area contributed by atoms with Gasteiger partial charge in [-0.25, -0.2) is 0 Å². The lowest BCUT2D eigenvalue weighted by Gasteiger charge is -2.32. The number of nitrogens with zero attached hydrogens (tertiary/aromatic N) is 5. The summed E-state index contributed by atoms with van der Waals surface area (Å²) in [7, 11) is 0. The molecule has 4 rings (SSSR count). The van der Waals surface area contributed by atoms with E-state index in [0.29, 0.717) is 11.5 Å². The molecule has 1 fully saturated rings. The fourth-order valence-corrected chi connectivity index (χ4v) is 3.43. The summed E-state index contributed by atoms with van der Waals surface area (Å²) >= 11 is 0. The van der Waals surface area contributed by atoms with Crippen molar-refractivity contribution in [2.45, 2.75) is 31.8 Å². The second kappa shape index (κ2) is 6.08. The van der Waals surface area contributed by atoms with Crippen LogP contribution in [0.3, 0.4) is 0 Å². The van der Waals surface area contributed by atoms with Crippen molar-refractivity contribution in [2.75, 3.05) is 19.6 Å². The molecule has 2 aromatic rings. The summed E-state index contributed by atoms with van der Waals surface area (Å²) in [5.41, 5.74) is 0.712. The number of hydrogen-bond donors (Lipinski definition) is 1. The molecular weight excluding hydrogens is 292 g/mol. The van der Waals surface area contributed by atoms with Crippen molar-refractivity contribution in [3.63, 3.8) is 0 Å². The van der Waals surface area contributed by atoms with E-state index in [1.807, 2.05) is 4.90 Å². The summed E-state index contributed by atoms with van der Waals surface area (Å²) in [6, 6.07) is 3.55. The first-order valence-electron chi connectivity index (χ1n) is 8.15. The minimum absolute atomic E-state index is 0.0957. The third-order valence-electron chi connectivity index (χ3n) is 4.73. The fourth-order valence-electron chi connectivity index (χ4n) is 3.43. The molecule has 120 valence electrons. The SMILES string of the molecule is O=C(c1ccncc1)N1CCC(c2nnc3n2CCNC3)CC1. The Kier molecular flexibility index (Phi) is 3.78. The van der Waals surface area contributed by atoms with Gasteiger partial charge in [0.05, 0.1) is 6.54 Å². The van der Waals surface area contributed by atoms with E-state index >= 15 is 0 Å². The third-order valence-corrected chi connectivity index (χ3v) is 4.73. The number of pyridine rings is 1. The molecule has 2 aliphatic rings. The molecule has 1 saturated heterocycles. The number of carbonyl (C=O) groups excluding carboxylic acids is 1. The Balaban J connectivity index is 1.43. The summed E-state index contributed by atoms with van der Waals surface area (Å²) in [4.78, 5) is 18.4. The maximum absolute atomic E-state index is 12.5. The lowest BCUT2D eigenvalue weighted by molar-refractivity contribution is 0.0710. The zero-order valence-electron chi connectivity index (χ0n) is 13.0. The van der Waals surface area contributed by atoms with Crippen molar-refractivity contribution in [2.24, 2.45) is 0 Å². The standard InChI is InChI=1S/C16H20N6O/c23-16(13-1-5-17-6-2-13)21-8-3-12(4-9-21)15-20-19-14-11-18-7-10-22(14)15/h1-2,5-6,12,18H,3-4,7-11H2. The summed E-state index contributed by atoms with van der Waals surface area (Å²) in [5, 5.41) is 12.0. The Labute approximate surface area is 134 Å². The molecule has 4 heterocycles. The Bertz CT molecular complexity index is 690. The van der Waals surface area contributed by atoms with Crippen LogP contribution in [0.4, 0.5) is 0 Å². The Morgan fingerprint density at radius 1 is 1.13 bits per heavy atom. The molecule has 0 saturated carbocycles. The van der Waals surface area contributed by atoms with Gasteiger partial charge in [0.15, 0.2) is 0 Å². The minimum atomic E-state index is 0.0957. The van der Waals surface area contributed by atoms with Crippen molar-refractivity contribution < 1.29 is 4.79 Å². The molecule has 0 aliphatic carbocycles. The quantitative estimate of drug-likeness (QED) is 0.887.